The highest BCUT2D eigenvalue weighted by Gasteiger charge is 2.30. The standard InChI is InChI=1S/C25H41NO/c1-3-5-7-9-11-16-20-23-24(21-17-12-10-8-6-4-2)27-25(26-23)22-18-14-13-15-19-22/h13-15,18-19,23-24H,3-12,16-17,20-21H2,1-2H3/t23-,24-/m0/s1. The first-order valence-corrected chi connectivity index (χ1v) is 11.6. The zero-order valence-corrected chi connectivity index (χ0v) is 17.8. The maximum absolute atomic E-state index is 6.33. The predicted molar refractivity (Wildman–Crippen MR) is 118 cm³/mol. The summed E-state index contributed by atoms with van der Waals surface area (Å²) in [5, 5.41) is 0. The van der Waals surface area contributed by atoms with Crippen LogP contribution < -0.4 is 0 Å². The highest BCUT2D eigenvalue weighted by atomic mass is 16.5. The Morgan fingerprint density at radius 1 is 0.704 bits per heavy atom. The van der Waals surface area contributed by atoms with Crippen LogP contribution in [0.4, 0.5) is 0 Å². The first kappa shape index (κ1) is 22.0. The molecule has 0 spiro atoms. The molecule has 0 bridgehead atoms. The van der Waals surface area contributed by atoms with E-state index < -0.39 is 0 Å². The Hall–Kier alpha value is -1.31. The third-order valence-corrected chi connectivity index (χ3v) is 5.69. The van der Waals surface area contributed by atoms with Gasteiger partial charge in [0.05, 0.1) is 6.04 Å². The van der Waals surface area contributed by atoms with Gasteiger partial charge in [-0.25, -0.2) is 4.99 Å². The summed E-state index contributed by atoms with van der Waals surface area (Å²) in [6.45, 7) is 4.56. The van der Waals surface area contributed by atoms with Crippen molar-refractivity contribution in [3.8, 4) is 0 Å². The Morgan fingerprint density at radius 2 is 1.26 bits per heavy atom. The molecule has 0 aromatic heterocycles. The molecule has 0 saturated heterocycles. The lowest BCUT2D eigenvalue weighted by molar-refractivity contribution is 0.172. The van der Waals surface area contributed by atoms with Gasteiger partial charge < -0.3 is 4.74 Å². The van der Waals surface area contributed by atoms with Crippen molar-refractivity contribution in [2.45, 2.75) is 116 Å². The summed E-state index contributed by atoms with van der Waals surface area (Å²) in [7, 11) is 0. The van der Waals surface area contributed by atoms with Crippen LogP contribution in [0.25, 0.3) is 0 Å². The molecule has 2 heteroatoms. The molecule has 0 saturated carbocycles. The van der Waals surface area contributed by atoms with Crippen LogP contribution in [0.5, 0.6) is 0 Å². The number of unbranched alkanes of at least 4 members (excludes halogenated alkanes) is 10. The van der Waals surface area contributed by atoms with Gasteiger partial charge in [-0.05, 0) is 31.4 Å². The summed E-state index contributed by atoms with van der Waals surface area (Å²) in [5.41, 5.74) is 1.14. The molecule has 1 aliphatic rings. The molecule has 0 aliphatic carbocycles. The van der Waals surface area contributed by atoms with Gasteiger partial charge in [-0.15, -0.1) is 0 Å². The minimum absolute atomic E-state index is 0.294. The van der Waals surface area contributed by atoms with Crippen molar-refractivity contribution < 1.29 is 4.74 Å². The SMILES string of the molecule is CCCCCCCC[C@@H]1N=C(c2ccccc2)O[C@H]1CCCCCCCC. The smallest absolute Gasteiger partial charge is 0.216 e. The average Bonchev–Trinajstić information content (AvgIpc) is 3.11. The van der Waals surface area contributed by atoms with Crippen molar-refractivity contribution in [1.82, 2.24) is 0 Å². The summed E-state index contributed by atoms with van der Waals surface area (Å²) in [6.07, 6.45) is 18.8. The van der Waals surface area contributed by atoms with E-state index in [1.165, 1.54) is 83.5 Å². The second kappa shape index (κ2) is 13.8. The molecule has 0 amide bonds. The molecule has 1 aliphatic heterocycles. The largest absolute Gasteiger partial charge is 0.472 e. The number of rotatable bonds is 15. The van der Waals surface area contributed by atoms with E-state index in [1.54, 1.807) is 0 Å². The second-order valence-corrected chi connectivity index (χ2v) is 8.14. The van der Waals surface area contributed by atoms with Crippen LogP contribution in [0.3, 0.4) is 0 Å². The highest BCUT2D eigenvalue weighted by molar-refractivity contribution is 5.95. The van der Waals surface area contributed by atoms with E-state index in [4.69, 9.17) is 9.73 Å². The predicted octanol–water partition coefficient (Wildman–Crippen LogP) is 7.70. The van der Waals surface area contributed by atoms with Crippen molar-refractivity contribution in [2.75, 3.05) is 0 Å². The van der Waals surface area contributed by atoms with Gasteiger partial charge in [-0.1, -0.05) is 103 Å². The fraction of sp³-hybridized carbons (Fsp3) is 0.720. The molecule has 2 atom stereocenters. The summed E-state index contributed by atoms with van der Waals surface area (Å²) in [5.74, 6) is 0.877. The molecule has 0 unspecified atom stereocenters. The zero-order valence-electron chi connectivity index (χ0n) is 17.8. The quantitative estimate of drug-likeness (QED) is 0.289. The molecule has 0 N–H and O–H groups in total. The molecule has 2 rings (SSSR count). The maximum Gasteiger partial charge on any atom is 0.216 e. The van der Waals surface area contributed by atoms with Gasteiger partial charge in [0.2, 0.25) is 5.90 Å². The minimum atomic E-state index is 0.294. The van der Waals surface area contributed by atoms with Gasteiger partial charge in [-0.2, -0.15) is 0 Å². The van der Waals surface area contributed by atoms with Crippen LogP contribution in [-0.4, -0.2) is 18.0 Å². The molecule has 1 aromatic carbocycles. The van der Waals surface area contributed by atoms with E-state index in [9.17, 15) is 0 Å². The average molecular weight is 372 g/mol. The molecule has 1 heterocycles. The van der Waals surface area contributed by atoms with Crippen molar-refractivity contribution in [2.24, 2.45) is 4.99 Å². The van der Waals surface area contributed by atoms with Crippen molar-refractivity contribution in [1.29, 1.82) is 0 Å². The van der Waals surface area contributed by atoms with E-state index in [0.29, 0.717) is 12.1 Å². The van der Waals surface area contributed by atoms with E-state index in [-0.39, 0.29) is 0 Å². The number of benzene rings is 1. The van der Waals surface area contributed by atoms with E-state index in [1.807, 2.05) is 0 Å². The monoisotopic (exact) mass is 371 g/mol. The number of hydrogen-bond donors (Lipinski definition) is 0. The van der Waals surface area contributed by atoms with Gasteiger partial charge in [0, 0.05) is 5.56 Å². The maximum atomic E-state index is 6.33. The Kier molecular flexibility index (Phi) is 11.2. The summed E-state index contributed by atoms with van der Waals surface area (Å²) in [6, 6.07) is 10.8. The second-order valence-electron chi connectivity index (χ2n) is 8.14. The lowest BCUT2D eigenvalue weighted by atomic mass is 9.98. The van der Waals surface area contributed by atoms with Gasteiger partial charge in [-0.3, -0.25) is 0 Å². The van der Waals surface area contributed by atoms with Crippen molar-refractivity contribution in [3.63, 3.8) is 0 Å². The Morgan fingerprint density at radius 3 is 1.89 bits per heavy atom. The molecule has 0 fully saturated rings. The van der Waals surface area contributed by atoms with Crippen LogP contribution in [0.1, 0.15) is 109 Å². The number of ether oxygens (including phenoxy) is 1. The van der Waals surface area contributed by atoms with Gasteiger partial charge >= 0.3 is 0 Å². The van der Waals surface area contributed by atoms with E-state index in [0.717, 1.165) is 17.9 Å². The van der Waals surface area contributed by atoms with Crippen LogP contribution >= 0.6 is 0 Å². The van der Waals surface area contributed by atoms with Crippen LogP contribution in [0.2, 0.25) is 0 Å². The van der Waals surface area contributed by atoms with Crippen molar-refractivity contribution in [3.05, 3.63) is 35.9 Å². The molecule has 2 nitrogen and oxygen atoms in total. The summed E-state index contributed by atoms with van der Waals surface area (Å²) >= 11 is 0. The Labute approximate surface area is 167 Å². The fourth-order valence-electron chi connectivity index (χ4n) is 3.97. The topological polar surface area (TPSA) is 21.6 Å². The van der Waals surface area contributed by atoms with Gasteiger partial charge in [0.25, 0.3) is 0 Å². The van der Waals surface area contributed by atoms with E-state index >= 15 is 0 Å². The number of hydrogen-bond acceptors (Lipinski definition) is 2. The molecular weight excluding hydrogens is 330 g/mol. The molecule has 1 aromatic rings. The Balaban J connectivity index is 1.79. The van der Waals surface area contributed by atoms with Crippen molar-refractivity contribution >= 4 is 5.90 Å². The van der Waals surface area contributed by atoms with Crippen LogP contribution in [-0.2, 0) is 4.74 Å². The van der Waals surface area contributed by atoms with E-state index in [2.05, 4.69) is 44.2 Å². The first-order valence-electron chi connectivity index (χ1n) is 11.6. The Bertz CT molecular complexity index is 510. The molecular formula is C25H41NO. The fourth-order valence-corrected chi connectivity index (χ4v) is 3.97. The third-order valence-electron chi connectivity index (χ3n) is 5.69. The lowest BCUT2D eigenvalue weighted by Gasteiger charge is -2.17. The van der Waals surface area contributed by atoms with Crippen LogP contribution in [0, 0.1) is 0 Å². The lowest BCUT2D eigenvalue weighted by Crippen LogP contribution is -2.22. The first-order chi connectivity index (χ1) is 13.3. The normalized spacial score (nSPS) is 19.1. The number of aliphatic imine (C=N–C) groups is 1. The van der Waals surface area contributed by atoms with Gasteiger partial charge in [0.1, 0.15) is 6.10 Å². The molecule has 0 radical (unpaired) electrons. The summed E-state index contributed by atoms with van der Waals surface area (Å²) < 4.78 is 6.33. The van der Waals surface area contributed by atoms with Gasteiger partial charge in [0.15, 0.2) is 0 Å². The number of nitrogens with zero attached hydrogens (tertiary/aromatic N) is 1. The van der Waals surface area contributed by atoms with Crippen LogP contribution in [0.15, 0.2) is 35.3 Å². The molecule has 152 valence electrons. The minimum Gasteiger partial charge on any atom is -0.472 e. The highest BCUT2D eigenvalue weighted by Crippen LogP contribution is 2.26. The third kappa shape index (κ3) is 8.49. The zero-order chi connectivity index (χ0) is 19.2. The molecule has 27 heavy (non-hydrogen) atoms. The summed E-state index contributed by atoms with van der Waals surface area (Å²) in [4.78, 5) is 5.00.